The van der Waals surface area contributed by atoms with Crippen LogP contribution in [-0.2, 0) is 6.54 Å². The number of hydrogen-bond donors (Lipinski definition) is 1. The van der Waals surface area contributed by atoms with Crippen molar-refractivity contribution in [3.8, 4) is 0 Å². The van der Waals surface area contributed by atoms with Crippen LogP contribution in [0.1, 0.15) is 15.9 Å². The molecule has 0 aliphatic carbocycles. The van der Waals surface area contributed by atoms with Gasteiger partial charge in [0, 0.05) is 36.5 Å². The summed E-state index contributed by atoms with van der Waals surface area (Å²) < 4.78 is 1.54. The molecular formula is C23H22ClN3O2S. The molecule has 0 saturated carbocycles. The van der Waals surface area contributed by atoms with Crippen LogP contribution in [-0.4, -0.2) is 35.1 Å². The molecule has 0 bridgehead atoms. The number of halogens is 1. The quantitative estimate of drug-likeness (QED) is 0.642. The van der Waals surface area contributed by atoms with Gasteiger partial charge in [-0.05, 0) is 35.9 Å². The van der Waals surface area contributed by atoms with E-state index in [1.165, 1.54) is 4.57 Å². The molecule has 154 valence electrons. The maximum atomic E-state index is 12.8. The summed E-state index contributed by atoms with van der Waals surface area (Å²) in [4.78, 5) is 27.8. The van der Waals surface area contributed by atoms with Crippen LogP contribution in [0.3, 0.4) is 0 Å². The molecule has 4 rings (SSSR count). The average molecular weight is 440 g/mol. The first kappa shape index (κ1) is 20.6. The van der Waals surface area contributed by atoms with E-state index in [1.54, 1.807) is 24.4 Å². The normalized spacial score (nSPS) is 13.8. The molecule has 2 heterocycles. The van der Waals surface area contributed by atoms with Crippen LogP contribution in [0.5, 0.6) is 0 Å². The van der Waals surface area contributed by atoms with E-state index < -0.39 is 5.91 Å². The van der Waals surface area contributed by atoms with Gasteiger partial charge in [-0.1, -0.05) is 41.9 Å². The molecule has 5 nitrogen and oxygen atoms in total. The Morgan fingerprint density at radius 3 is 2.53 bits per heavy atom. The molecule has 0 radical (unpaired) electrons. The predicted molar refractivity (Wildman–Crippen MR) is 125 cm³/mol. The number of nitrogens with zero attached hydrogens (tertiary/aromatic N) is 2. The number of rotatable bonds is 5. The summed E-state index contributed by atoms with van der Waals surface area (Å²) >= 11 is 8.41. The number of anilines is 2. The summed E-state index contributed by atoms with van der Waals surface area (Å²) in [6.07, 6.45) is 1.69. The maximum absolute atomic E-state index is 12.8. The highest BCUT2D eigenvalue weighted by Crippen LogP contribution is 2.30. The summed E-state index contributed by atoms with van der Waals surface area (Å²) in [7, 11) is 0. The molecule has 3 aromatic rings. The van der Waals surface area contributed by atoms with Gasteiger partial charge in [0.25, 0.3) is 11.5 Å². The van der Waals surface area contributed by atoms with Crippen molar-refractivity contribution >= 4 is 40.6 Å². The third kappa shape index (κ3) is 4.71. The maximum Gasteiger partial charge on any atom is 0.263 e. The zero-order valence-corrected chi connectivity index (χ0v) is 18.0. The van der Waals surface area contributed by atoms with Gasteiger partial charge < -0.3 is 14.8 Å². The van der Waals surface area contributed by atoms with Crippen molar-refractivity contribution in [2.75, 3.05) is 34.8 Å². The first-order chi connectivity index (χ1) is 14.6. The number of pyridine rings is 1. The second-order valence-electron chi connectivity index (χ2n) is 7.06. The Kier molecular flexibility index (Phi) is 6.45. The molecule has 1 amide bonds. The van der Waals surface area contributed by atoms with E-state index in [0.29, 0.717) is 17.3 Å². The van der Waals surface area contributed by atoms with Gasteiger partial charge in [-0.3, -0.25) is 9.59 Å². The number of carbonyl (C=O) groups is 1. The topological polar surface area (TPSA) is 54.3 Å². The standard InChI is InChI=1S/C23H22ClN3O2S/c24-20-15-18(8-9-21(20)26-11-13-30-14-12-26)25-22(28)19-7-4-10-27(23(19)29)16-17-5-2-1-3-6-17/h1-10,15H,11-14,16H2,(H,25,28). The molecule has 1 aromatic heterocycles. The largest absolute Gasteiger partial charge is 0.369 e. The van der Waals surface area contributed by atoms with E-state index in [2.05, 4.69) is 10.2 Å². The molecular weight excluding hydrogens is 418 g/mol. The minimum absolute atomic E-state index is 0.0988. The number of nitrogens with one attached hydrogen (secondary N) is 1. The van der Waals surface area contributed by atoms with Gasteiger partial charge in [0.1, 0.15) is 5.56 Å². The third-order valence-electron chi connectivity index (χ3n) is 5.02. The number of benzene rings is 2. The van der Waals surface area contributed by atoms with Gasteiger partial charge in [-0.25, -0.2) is 0 Å². The minimum atomic E-state index is -0.444. The van der Waals surface area contributed by atoms with Crippen molar-refractivity contribution in [1.29, 1.82) is 0 Å². The van der Waals surface area contributed by atoms with Crippen molar-refractivity contribution in [3.63, 3.8) is 0 Å². The van der Waals surface area contributed by atoms with E-state index in [1.807, 2.05) is 54.2 Å². The number of hydrogen-bond acceptors (Lipinski definition) is 4. The van der Waals surface area contributed by atoms with Crippen LogP contribution in [0.4, 0.5) is 11.4 Å². The van der Waals surface area contributed by atoms with Crippen molar-refractivity contribution in [2.24, 2.45) is 0 Å². The van der Waals surface area contributed by atoms with E-state index in [4.69, 9.17) is 11.6 Å². The lowest BCUT2D eigenvalue weighted by molar-refractivity contribution is 0.102. The van der Waals surface area contributed by atoms with Crippen molar-refractivity contribution in [3.05, 3.63) is 93.4 Å². The number of thioether (sulfide) groups is 1. The van der Waals surface area contributed by atoms with E-state index >= 15 is 0 Å². The SMILES string of the molecule is O=C(Nc1ccc(N2CCSCC2)c(Cl)c1)c1cccn(Cc2ccccc2)c1=O. The second-order valence-corrected chi connectivity index (χ2v) is 8.69. The summed E-state index contributed by atoms with van der Waals surface area (Å²) in [6, 6.07) is 18.4. The summed E-state index contributed by atoms with van der Waals surface area (Å²) in [5.41, 5.74) is 2.31. The average Bonchev–Trinajstić information content (AvgIpc) is 2.76. The Morgan fingerprint density at radius 2 is 1.80 bits per heavy atom. The lowest BCUT2D eigenvalue weighted by atomic mass is 10.2. The van der Waals surface area contributed by atoms with Crippen LogP contribution >= 0.6 is 23.4 Å². The van der Waals surface area contributed by atoms with Crippen LogP contribution in [0.2, 0.25) is 5.02 Å². The first-order valence-corrected chi connectivity index (χ1v) is 11.3. The highest BCUT2D eigenvalue weighted by molar-refractivity contribution is 7.99. The van der Waals surface area contributed by atoms with Crippen molar-refractivity contribution < 1.29 is 4.79 Å². The summed E-state index contributed by atoms with van der Waals surface area (Å²) in [5, 5.41) is 3.39. The van der Waals surface area contributed by atoms with Gasteiger partial charge in [-0.15, -0.1) is 0 Å². The number of amides is 1. The summed E-state index contributed by atoms with van der Waals surface area (Å²) in [6.45, 7) is 2.33. The van der Waals surface area contributed by atoms with E-state index in [-0.39, 0.29) is 11.1 Å². The molecule has 0 spiro atoms. The zero-order valence-electron chi connectivity index (χ0n) is 16.4. The molecule has 1 aliphatic heterocycles. The molecule has 1 fully saturated rings. The van der Waals surface area contributed by atoms with Crippen LogP contribution in [0.15, 0.2) is 71.7 Å². The lowest BCUT2D eigenvalue weighted by Crippen LogP contribution is -2.32. The molecule has 30 heavy (non-hydrogen) atoms. The lowest BCUT2D eigenvalue weighted by Gasteiger charge is -2.29. The van der Waals surface area contributed by atoms with Gasteiger partial charge in [-0.2, -0.15) is 11.8 Å². The molecule has 1 N–H and O–H groups in total. The fourth-order valence-corrected chi connectivity index (χ4v) is 4.66. The first-order valence-electron chi connectivity index (χ1n) is 9.79. The van der Waals surface area contributed by atoms with Gasteiger partial charge >= 0.3 is 0 Å². The van der Waals surface area contributed by atoms with Gasteiger partial charge in [0.05, 0.1) is 17.3 Å². The Labute approximate surface area is 184 Å². The second kappa shape index (κ2) is 9.41. The Morgan fingerprint density at radius 1 is 1.03 bits per heavy atom. The minimum Gasteiger partial charge on any atom is -0.369 e. The van der Waals surface area contributed by atoms with Gasteiger partial charge in [0.15, 0.2) is 0 Å². The Hall–Kier alpha value is -2.70. The fraction of sp³-hybridized carbons (Fsp3) is 0.217. The molecule has 0 unspecified atom stereocenters. The summed E-state index contributed by atoms with van der Waals surface area (Å²) in [5.74, 6) is 1.72. The van der Waals surface area contributed by atoms with Crippen LogP contribution < -0.4 is 15.8 Å². The fourth-order valence-electron chi connectivity index (χ4n) is 3.46. The number of aromatic nitrogens is 1. The predicted octanol–water partition coefficient (Wildman–Crippen LogP) is 4.36. The van der Waals surface area contributed by atoms with Crippen LogP contribution in [0, 0.1) is 0 Å². The van der Waals surface area contributed by atoms with E-state index in [9.17, 15) is 9.59 Å². The molecule has 7 heteroatoms. The smallest absolute Gasteiger partial charge is 0.263 e. The van der Waals surface area contributed by atoms with Gasteiger partial charge in [0.2, 0.25) is 0 Å². The monoisotopic (exact) mass is 439 g/mol. The Bertz CT molecular complexity index is 1100. The highest BCUT2D eigenvalue weighted by Gasteiger charge is 2.16. The molecule has 2 aromatic carbocycles. The Balaban J connectivity index is 1.50. The van der Waals surface area contributed by atoms with E-state index in [0.717, 1.165) is 35.8 Å². The highest BCUT2D eigenvalue weighted by atomic mass is 35.5. The van der Waals surface area contributed by atoms with Crippen molar-refractivity contribution in [2.45, 2.75) is 6.54 Å². The molecule has 1 saturated heterocycles. The van der Waals surface area contributed by atoms with Crippen molar-refractivity contribution in [1.82, 2.24) is 4.57 Å². The number of carbonyl (C=O) groups excluding carboxylic acids is 1. The van der Waals surface area contributed by atoms with Crippen LogP contribution in [0.25, 0.3) is 0 Å². The molecule has 0 atom stereocenters. The third-order valence-corrected chi connectivity index (χ3v) is 6.26. The zero-order chi connectivity index (χ0) is 20.9. The molecule has 1 aliphatic rings.